The molecular formula is C13H20N4O. The molecule has 1 aliphatic rings. The summed E-state index contributed by atoms with van der Waals surface area (Å²) < 4.78 is 0. The van der Waals surface area contributed by atoms with Gasteiger partial charge in [-0.05, 0) is 37.4 Å². The summed E-state index contributed by atoms with van der Waals surface area (Å²) in [5.41, 5.74) is 6.56. The number of hydrogen-bond donors (Lipinski definition) is 2. The van der Waals surface area contributed by atoms with E-state index in [-0.39, 0.29) is 6.03 Å². The topological polar surface area (TPSA) is 71.2 Å². The van der Waals surface area contributed by atoms with E-state index in [2.05, 4.69) is 10.3 Å². The first-order valence-electron chi connectivity index (χ1n) is 6.44. The number of nitrogens with one attached hydrogen (secondary N) is 1. The molecule has 0 aromatic carbocycles. The van der Waals surface area contributed by atoms with Crippen LogP contribution >= 0.6 is 0 Å². The normalized spacial score (nSPS) is 14.3. The van der Waals surface area contributed by atoms with Crippen LogP contribution in [0.4, 0.5) is 4.79 Å². The number of nitrogens with zero attached hydrogens (tertiary/aromatic N) is 2. The van der Waals surface area contributed by atoms with E-state index in [1.54, 1.807) is 12.4 Å². The first-order chi connectivity index (χ1) is 8.79. The fourth-order valence-electron chi connectivity index (χ4n) is 1.74. The van der Waals surface area contributed by atoms with Crippen molar-refractivity contribution in [1.82, 2.24) is 15.2 Å². The zero-order chi connectivity index (χ0) is 12.8. The van der Waals surface area contributed by atoms with E-state index in [4.69, 9.17) is 5.73 Å². The van der Waals surface area contributed by atoms with Crippen LogP contribution in [0.2, 0.25) is 0 Å². The molecule has 0 spiro atoms. The molecule has 98 valence electrons. The van der Waals surface area contributed by atoms with E-state index >= 15 is 0 Å². The number of rotatable bonds is 6. The lowest BCUT2D eigenvalue weighted by molar-refractivity contribution is 0.194. The van der Waals surface area contributed by atoms with Crippen molar-refractivity contribution in [3.05, 3.63) is 30.1 Å². The number of urea groups is 1. The minimum atomic E-state index is 0.00908. The standard InChI is InChI=1S/C13H20N4O/c14-6-2-8-17(13(18)16-12-4-5-12)10-11-3-1-7-15-9-11/h1,3,7,9,12H,2,4-6,8,10,14H2,(H,16,18). The average Bonchev–Trinajstić information content (AvgIpc) is 3.19. The Hall–Kier alpha value is -1.62. The van der Waals surface area contributed by atoms with Crippen LogP contribution in [0, 0.1) is 0 Å². The van der Waals surface area contributed by atoms with E-state index < -0.39 is 0 Å². The molecule has 0 aliphatic heterocycles. The van der Waals surface area contributed by atoms with Gasteiger partial charge in [0.1, 0.15) is 0 Å². The highest BCUT2D eigenvalue weighted by molar-refractivity contribution is 5.74. The van der Waals surface area contributed by atoms with Crippen molar-refractivity contribution in [1.29, 1.82) is 0 Å². The minimum absolute atomic E-state index is 0.00908. The van der Waals surface area contributed by atoms with Crippen LogP contribution in [0.1, 0.15) is 24.8 Å². The average molecular weight is 248 g/mol. The van der Waals surface area contributed by atoms with Crippen molar-refractivity contribution < 1.29 is 4.79 Å². The first-order valence-corrected chi connectivity index (χ1v) is 6.44. The Kier molecular flexibility index (Phi) is 4.52. The Morgan fingerprint density at radius 3 is 3.00 bits per heavy atom. The number of aromatic nitrogens is 1. The highest BCUT2D eigenvalue weighted by atomic mass is 16.2. The Bertz CT molecular complexity index is 378. The number of amides is 2. The van der Waals surface area contributed by atoms with Crippen LogP contribution in [0.25, 0.3) is 0 Å². The Morgan fingerprint density at radius 1 is 1.56 bits per heavy atom. The molecule has 0 unspecified atom stereocenters. The zero-order valence-corrected chi connectivity index (χ0v) is 10.5. The summed E-state index contributed by atoms with van der Waals surface area (Å²) >= 11 is 0. The lowest BCUT2D eigenvalue weighted by Crippen LogP contribution is -2.41. The molecule has 1 saturated carbocycles. The lowest BCUT2D eigenvalue weighted by atomic mass is 10.2. The van der Waals surface area contributed by atoms with Gasteiger partial charge < -0.3 is 16.0 Å². The molecule has 1 heterocycles. The molecular weight excluding hydrogens is 228 g/mol. The Labute approximate surface area is 107 Å². The Morgan fingerprint density at radius 2 is 2.39 bits per heavy atom. The van der Waals surface area contributed by atoms with Gasteiger partial charge in [-0.3, -0.25) is 4.98 Å². The maximum Gasteiger partial charge on any atom is 0.317 e. The molecule has 0 radical (unpaired) electrons. The third-order valence-electron chi connectivity index (χ3n) is 2.92. The SMILES string of the molecule is NCCCN(Cc1cccnc1)C(=O)NC1CC1. The molecule has 0 bridgehead atoms. The van der Waals surface area contributed by atoms with E-state index in [0.717, 1.165) is 24.8 Å². The van der Waals surface area contributed by atoms with Gasteiger partial charge in [0.25, 0.3) is 0 Å². The first kappa shape index (κ1) is 12.8. The number of carbonyl (C=O) groups is 1. The minimum Gasteiger partial charge on any atom is -0.335 e. The molecule has 1 aromatic heterocycles. The molecule has 0 saturated heterocycles. The maximum atomic E-state index is 12.1. The van der Waals surface area contributed by atoms with Gasteiger partial charge in [0.2, 0.25) is 0 Å². The third kappa shape index (κ3) is 4.00. The van der Waals surface area contributed by atoms with Crippen LogP contribution < -0.4 is 11.1 Å². The molecule has 2 rings (SSSR count). The van der Waals surface area contributed by atoms with E-state index in [1.165, 1.54) is 0 Å². The smallest absolute Gasteiger partial charge is 0.317 e. The van der Waals surface area contributed by atoms with Crippen molar-refractivity contribution in [3.8, 4) is 0 Å². The maximum absolute atomic E-state index is 12.1. The number of nitrogens with two attached hydrogens (primary N) is 1. The molecule has 1 aliphatic carbocycles. The quantitative estimate of drug-likeness (QED) is 0.792. The molecule has 3 N–H and O–H groups in total. The van der Waals surface area contributed by atoms with Gasteiger partial charge >= 0.3 is 6.03 Å². The Balaban J connectivity index is 1.92. The predicted octanol–water partition coefficient (Wildman–Crippen LogP) is 1.10. The van der Waals surface area contributed by atoms with Crippen LogP contribution in [-0.2, 0) is 6.54 Å². The summed E-state index contributed by atoms with van der Waals surface area (Å²) in [6.45, 7) is 1.87. The van der Waals surface area contributed by atoms with Gasteiger partial charge in [0.15, 0.2) is 0 Å². The molecule has 2 amide bonds. The third-order valence-corrected chi connectivity index (χ3v) is 2.92. The number of pyridine rings is 1. The fourth-order valence-corrected chi connectivity index (χ4v) is 1.74. The van der Waals surface area contributed by atoms with Crippen molar-refractivity contribution in [2.45, 2.75) is 31.8 Å². The van der Waals surface area contributed by atoms with Crippen molar-refractivity contribution >= 4 is 6.03 Å². The highest BCUT2D eigenvalue weighted by Crippen LogP contribution is 2.19. The van der Waals surface area contributed by atoms with E-state index in [0.29, 0.717) is 25.7 Å². The lowest BCUT2D eigenvalue weighted by Gasteiger charge is -2.22. The van der Waals surface area contributed by atoms with Crippen LogP contribution in [0.5, 0.6) is 0 Å². The highest BCUT2D eigenvalue weighted by Gasteiger charge is 2.25. The zero-order valence-electron chi connectivity index (χ0n) is 10.5. The van der Waals surface area contributed by atoms with Gasteiger partial charge in [-0.25, -0.2) is 4.79 Å². The summed E-state index contributed by atoms with van der Waals surface area (Å²) in [5.74, 6) is 0. The number of carbonyl (C=O) groups excluding carboxylic acids is 1. The summed E-state index contributed by atoms with van der Waals surface area (Å²) in [6, 6.07) is 4.25. The second-order valence-electron chi connectivity index (χ2n) is 4.65. The number of hydrogen-bond acceptors (Lipinski definition) is 3. The van der Waals surface area contributed by atoms with Gasteiger partial charge in [0.05, 0.1) is 0 Å². The van der Waals surface area contributed by atoms with Crippen molar-refractivity contribution in [3.63, 3.8) is 0 Å². The fraction of sp³-hybridized carbons (Fsp3) is 0.538. The van der Waals surface area contributed by atoms with Gasteiger partial charge in [-0.15, -0.1) is 0 Å². The summed E-state index contributed by atoms with van der Waals surface area (Å²) in [6.07, 6.45) is 6.54. The van der Waals surface area contributed by atoms with Crippen molar-refractivity contribution in [2.24, 2.45) is 5.73 Å². The molecule has 1 fully saturated rings. The van der Waals surface area contributed by atoms with E-state index in [1.807, 2.05) is 17.0 Å². The van der Waals surface area contributed by atoms with Crippen LogP contribution in [-0.4, -0.2) is 35.0 Å². The van der Waals surface area contributed by atoms with Gasteiger partial charge in [0, 0.05) is 31.5 Å². The molecule has 5 heteroatoms. The predicted molar refractivity (Wildman–Crippen MR) is 69.9 cm³/mol. The van der Waals surface area contributed by atoms with Crippen molar-refractivity contribution in [2.75, 3.05) is 13.1 Å². The second-order valence-corrected chi connectivity index (χ2v) is 4.65. The largest absolute Gasteiger partial charge is 0.335 e. The summed E-state index contributed by atoms with van der Waals surface area (Å²) in [7, 11) is 0. The van der Waals surface area contributed by atoms with E-state index in [9.17, 15) is 4.79 Å². The molecule has 1 aromatic rings. The summed E-state index contributed by atoms with van der Waals surface area (Å²) in [4.78, 5) is 17.9. The molecule has 18 heavy (non-hydrogen) atoms. The monoisotopic (exact) mass is 248 g/mol. The molecule has 0 atom stereocenters. The van der Waals surface area contributed by atoms with Gasteiger partial charge in [-0.2, -0.15) is 0 Å². The summed E-state index contributed by atoms with van der Waals surface area (Å²) in [5, 5.41) is 3.01. The molecule has 5 nitrogen and oxygen atoms in total. The van der Waals surface area contributed by atoms with Crippen LogP contribution in [0.15, 0.2) is 24.5 Å². The second kappa shape index (κ2) is 6.35. The van der Waals surface area contributed by atoms with Gasteiger partial charge in [-0.1, -0.05) is 6.07 Å². The van der Waals surface area contributed by atoms with Crippen LogP contribution in [0.3, 0.4) is 0 Å².